The predicted molar refractivity (Wildman–Crippen MR) is 66.3 cm³/mol. The van der Waals surface area contributed by atoms with Crippen LogP contribution in [0.25, 0.3) is 0 Å². The molecule has 92 valence electrons. The van der Waals surface area contributed by atoms with Gasteiger partial charge in [-0.1, -0.05) is 0 Å². The molecule has 2 rings (SSSR count). The van der Waals surface area contributed by atoms with Crippen LogP contribution in [0.15, 0.2) is 18.2 Å². The van der Waals surface area contributed by atoms with Crippen LogP contribution in [0.1, 0.15) is 16.8 Å². The van der Waals surface area contributed by atoms with E-state index in [-0.39, 0.29) is 11.7 Å². The highest BCUT2D eigenvalue weighted by Gasteiger charge is 2.19. The second kappa shape index (κ2) is 5.31. The molecule has 0 amide bonds. The van der Waals surface area contributed by atoms with E-state index in [1.165, 1.54) is 19.2 Å². The lowest BCUT2D eigenvalue weighted by Gasteiger charge is -2.15. The quantitative estimate of drug-likeness (QED) is 0.893. The fourth-order valence-electron chi connectivity index (χ4n) is 1.68. The highest BCUT2D eigenvalue weighted by Crippen LogP contribution is 2.31. The summed E-state index contributed by atoms with van der Waals surface area (Å²) in [6.45, 7) is 0. The average molecular weight is 254 g/mol. The lowest BCUT2D eigenvalue weighted by molar-refractivity contribution is 0.0696. The summed E-state index contributed by atoms with van der Waals surface area (Å²) in [6, 6.07) is 4.67. The molecule has 0 aromatic heterocycles. The normalized spacial score (nSPS) is 19.0. The Morgan fingerprint density at radius 3 is 2.88 bits per heavy atom. The second-order valence-corrected chi connectivity index (χ2v) is 4.92. The maximum atomic E-state index is 10.8. The number of ether oxygens (including phenoxy) is 2. The van der Waals surface area contributed by atoms with Gasteiger partial charge in [0.25, 0.3) is 0 Å². The van der Waals surface area contributed by atoms with Crippen molar-refractivity contribution in [2.45, 2.75) is 12.5 Å². The molecular formula is C12H14O4S. The highest BCUT2D eigenvalue weighted by atomic mass is 32.2. The van der Waals surface area contributed by atoms with Gasteiger partial charge in [0.05, 0.1) is 12.7 Å². The van der Waals surface area contributed by atoms with Crippen LogP contribution in [0.5, 0.6) is 11.5 Å². The SMILES string of the molecule is COc1cc(C(=O)O)ccc1OC1CCSC1. The van der Waals surface area contributed by atoms with Crippen molar-refractivity contribution in [3.05, 3.63) is 23.8 Å². The Morgan fingerprint density at radius 1 is 1.47 bits per heavy atom. The van der Waals surface area contributed by atoms with Gasteiger partial charge >= 0.3 is 5.97 Å². The Balaban J connectivity index is 2.18. The van der Waals surface area contributed by atoms with Crippen molar-refractivity contribution in [1.82, 2.24) is 0 Å². The molecule has 4 nitrogen and oxygen atoms in total. The molecule has 0 spiro atoms. The van der Waals surface area contributed by atoms with Crippen LogP contribution in [0.3, 0.4) is 0 Å². The van der Waals surface area contributed by atoms with Crippen LogP contribution in [0.4, 0.5) is 0 Å². The van der Waals surface area contributed by atoms with Crippen LogP contribution in [-0.2, 0) is 0 Å². The maximum Gasteiger partial charge on any atom is 0.335 e. The summed E-state index contributed by atoms with van der Waals surface area (Å²) >= 11 is 1.86. The van der Waals surface area contributed by atoms with Gasteiger partial charge in [-0.05, 0) is 30.4 Å². The molecule has 1 aromatic carbocycles. The number of carboxylic acid groups (broad SMARTS) is 1. The van der Waals surface area contributed by atoms with Crippen LogP contribution in [0.2, 0.25) is 0 Å². The summed E-state index contributed by atoms with van der Waals surface area (Å²) in [7, 11) is 1.51. The van der Waals surface area contributed by atoms with Crippen molar-refractivity contribution in [3.63, 3.8) is 0 Å². The molecule has 1 saturated heterocycles. The Labute approximate surface area is 104 Å². The summed E-state index contributed by atoms with van der Waals surface area (Å²) in [5.74, 6) is 2.21. The number of carbonyl (C=O) groups is 1. The maximum absolute atomic E-state index is 10.8. The first-order valence-corrected chi connectivity index (χ1v) is 6.52. The molecular weight excluding hydrogens is 240 g/mol. The summed E-state index contributed by atoms with van der Waals surface area (Å²) in [6.07, 6.45) is 1.22. The lowest BCUT2D eigenvalue weighted by Crippen LogP contribution is -2.15. The zero-order valence-corrected chi connectivity index (χ0v) is 10.3. The van der Waals surface area contributed by atoms with E-state index in [1.807, 2.05) is 11.8 Å². The highest BCUT2D eigenvalue weighted by molar-refractivity contribution is 7.99. The molecule has 1 aliphatic rings. The van der Waals surface area contributed by atoms with Gasteiger partial charge in [0.15, 0.2) is 11.5 Å². The molecule has 0 saturated carbocycles. The third-order valence-corrected chi connectivity index (χ3v) is 3.72. The molecule has 17 heavy (non-hydrogen) atoms. The van der Waals surface area contributed by atoms with Gasteiger partial charge in [-0.2, -0.15) is 11.8 Å². The number of rotatable bonds is 4. The van der Waals surface area contributed by atoms with Crippen molar-refractivity contribution >= 4 is 17.7 Å². The van der Waals surface area contributed by atoms with Gasteiger partial charge in [-0.25, -0.2) is 4.79 Å². The summed E-state index contributed by atoms with van der Waals surface area (Å²) in [4.78, 5) is 10.8. The van der Waals surface area contributed by atoms with E-state index in [9.17, 15) is 4.79 Å². The van der Waals surface area contributed by atoms with Gasteiger partial charge in [0, 0.05) is 5.75 Å². The third kappa shape index (κ3) is 2.85. The number of aromatic carboxylic acids is 1. The fraction of sp³-hybridized carbons (Fsp3) is 0.417. The average Bonchev–Trinajstić information content (AvgIpc) is 2.82. The number of methoxy groups -OCH3 is 1. The lowest BCUT2D eigenvalue weighted by atomic mass is 10.2. The topological polar surface area (TPSA) is 55.8 Å². The molecule has 1 fully saturated rings. The summed E-state index contributed by atoms with van der Waals surface area (Å²) < 4.78 is 10.9. The van der Waals surface area contributed by atoms with Crippen LogP contribution in [-0.4, -0.2) is 35.8 Å². The molecule has 0 bridgehead atoms. The first-order chi connectivity index (χ1) is 8.20. The molecule has 1 N–H and O–H groups in total. The molecule has 0 aliphatic carbocycles. The largest absolute Gasteiger partial charge is 0.493 e. The van der Waals surface area contributed by atoms with E-state index in [4.69, 9.17) is 14.6 Å². The number of hydrogen-bond acceptors (Lipinski definition) is 4. The van der Waals surface area contributed by atoms with Crippen molar-refractivity contribution < 1.29 is 19.4 Å². The number of thioether (sulfide) groups is 1. The zero-order valence-electron chi connectivity index (χ0n) is 9.51. The second-order valence-electron chi connectivity index (χ2n) is 3.77. The first-order valence-electron chi connectivity index (χ1n) is 5.36. The molecule has 1 unspecified atom stereocenters. The monoisotopic (exact) mass is 254 g/mol. The first kappa shape index (κ1) is 12.1. The van der Waals surface area contributed by atoms with Gasteiger partial charge in [-0.3, -0.25) is 0 Å². The number of hydrogen-bond donors (Lipinski definition) is 1. The smallest absolute Gasteiger partial charge is 0.335 e. The van der Waals surface area contributed by atoms with Crippen LogP contribution in [0, 0.1) is 0 Å². The molecule has 5 heteroatoms. The van der Waals surface area contributed by atoms with Crippen molar-refractivity contribution in [2.24, 2.45) is 0 Å². The molecule has 1 aliphatic heterocycles. The van der Waals surface area contributed by atoms with E-state index in [0.29, 0.717) is 11.5 Å². The van der Waals surface area contributed by atoms with Gasteiger partial charge in [0.1, 0.15) is 6.10 Å². The van der Waals surface area contributed by atoms with Crippen molar-refractivity contribution in [1.29, 1.82) is 0 Å². The predicted octanol–water partition coefficient (Wildman–Crippen LogP) is 2.28. The number of carboxylic acids is 1. The van der Waals surface area contributed by atoms with E-state index in [2.05, 4.69) is 0 Å². The van der Waals surface area contributed by atoms with Crippen molar-refractivity contribution in [3.8, 4) is 11.5 Å². The molecule has 1 aromatic rings. The molecule has 0 radical (unpaired) electrons. The van der Waals surface area contributed by atoms with Gasteiger partial charge in [-0.15, -0.1) is 0 Å². The van der Waals surface area contributed by atoms with Gasteiger partial charge in [0.2, 0.25) is 0 Å². The fourth-order valence-corrected chi connectivity index (χ4v) is 2.78. The summed E-state index contributed by atoms with van der Waals surface area (Å²) in [5.41, 5.74) is 0.204. The Hall–Kier alpha value is -1.36. The summed E-state index contributed by atoms with van der Waals surface area (Å²) in [5, 5.41) is 8.88. The zero-order chi connectivity index (χ0) is 12.3. The Kier molecular flexibility index (Phi) is 3.78. The van der Waals surface area contributed by atoms with E-state index >= 15 is 0 Å². The molecule has 1 atom stereocenters. The number of benzene rings is 1. The third-order valence-electron chi connectivity index (χ3n) is 2.59. The van der Waals surface area contributed by atoms with E-state index in [1.54, 1.807) is 6.07 Å². The van der Waals surface area contributed by atoms with Crippen molar-refractivity contribution in [2.75, 3.05) is 18.6 Å². The Morgan fingerprint density at radius 2 is 2.29 bits per heavy atom. The van der Waals surface area contributed by atoms with Gasteiger partial charge < -0.3 is 14.6 Å². The standard InChI is InChI=1S/C12H14O4S/c1-15-11-6-8(12(13)14)2-3-10(11)16-9-4-5-17-7-9/h2-3,6,9H,4-5,7H2,1H3,(H,13,14). The Bertz CT molecular complexity index is 413. The van der Waals surface area contributed by atoms with E-state index < -0.39 is 5.97 Å². The van der Waals surface area contributed by atoms with Crippen LogP contribution < -0.4 is 9.47 Å². The molecule has 1 heterocycles. The minimum absolute atomic E-state index is 0.199. The van der Waals surface area contributed by atoms with E-state index in [0.717, 1.165) is 17.9 Å². The van der Waals surface area contributed by atoms with Crippen LogP contribution >= 0.6 is 11.8 Å². The minimum atomic E-state index is -0.966. The minimum Gasteiger partial charge on any atom is -0.493 e.